The van der Waals surface area contributed by atoms with E-state index in [9.17, 15) is 0 Å². The van der Waals surface area contributed by atoms with Crippen LogP contribution in [0.3, 0.4) is 0 Å². The van der Waals surface area contributed by atoms with Gasteiger partial charge in [-0.15, -0.1) is 0 Å². The van der Waals surface area contributed by atoms with Crippen LogP contribution in [0.25, 0.3) is 165 Å². The van der Waals surface area contributed by atoms with E-state index >= 15 is 0 Å². The summed E-state index contributed by atoms with van der Waals surface area (Å²) in [5.41, 5.74) is 21.0. The van der Waals surface area contributed by atoms with Crippen LogP contribution in [0, 0.1) is 0 Å². The van der Waals surface area contributed by atoms with Gasteiger partial charge in [-0.3, -0.25) is 0 Å². The van der Waals surface area contributed by atoms with Crippen LogP contribution in [0.5, 0.6) is 0 Å². The average molecular weight is 1180 g/mol. The van der Waals surface area contributed by atoms with Gasteiger partial charge in [0.2, 0.25) is 0 Å². The molecule has 0 aliphatic carbocycles. The molecule has 15 aromatic carbocycles. The summed E-state index contributed by atoms with van der Waals surface area (Å²) in [5, 5.41) is 17.3. The van der Waals surface area contributed by atoms with E-state index < -0.39 is 0 Å². The van der Waals surface area contributed by atoms with Crippen LogP contribution in [-0.2, 0) is 10.8 Å². The van der Waals surface area contributed by atoms with Gasteiger partial charge in [0.25, 0.3) is 0 Å². The second kappa shape index (κ2) is 21.3. The molecule has 2 nitrogen and oxygen atoms in total. The number of fused-ring (bicyclic) bond motifs is 8. The highest BCUT2D eigenvalue weighted by molar-refractivity contribution is 6.21. The predicted octanol–water partition coefficient (Wildman–Crippen LogP) is 25.1. The van der Waals surface area contributed by atoms with Gasteiger partial charge in [-0.2, -0.15) is 0 Å². The maximum atomic E-state index is 2.62. The van der Waals surface area contributed by atoms with Gasteiger partial charge in [-0.1, -0.05) is 296 Å². The van der Waals surface area contributed by atoms with Crippen molar-refractivity contribution in [3.8, 4) is 78.4 Å². The van der Waals surface area contributed by atoms with E-state index in [1.165, 1.54) is 153 Å². The normalized spacial score (nSPS) is 12.2. The molecule has 0 fully saturated rings. The Kier molecular flexibility index (Phi) is 12.7. The van der Waals surface area contributed by atoms with Crippen molar-refractivity contribution in [2.75, 3.05) is 0 Å². The Hall–Kier alpha value is -11.1. The molecule has 0 aliphatic heterocycles. The van der Waals surface area contributed by atoms with Crippen molar-refractivity contribution in [2.24, 2.45) is 0 Å². The summed E-state index contributed by atoms with van der Waals surface area (Å²) >= 11 is 0. The molecule has 92 heavy (non-hydrogen) atoms. The molecule has 2 heteroatoms. The van der Waals surface area contributed by atoms with Gasteiger partial charge < -0.3 is 9.13 Å². The Labute approximate surface area is 537 Å². The standard InChI is InChI=1S/C90H68N2/c1-89(2,3)85-73-53-77-82(92(87(61-33-15-9-16-34-61)83(77)59-29-11-7-12-30-59)80-50-48-68(70-40-24-26-42-72(70)80)66-46-44-58-28-20-22-38-64(58)52-66)56-76(73)86(90(4,5)6)74-54-78-81(55-75(74)85)91(88(62-35-17-10-18-36-62)84(78)60-31-13-8-14-32-60)79-49-47-67(69-39-23-25-41-71(69)79)65-45-43-57-27-19-21-37-63(57)51-65/h7-56H,1-6H3. The van der Waals surface area contributed by atoms with Gasteiger partial charge >= 0.3 is 0 Å². The fourth-order valence-electron chi connectivity index (χ4n) is 15.6. The molecular formula is C90H68N2. The fourth-order valence-corrected chi connectivity index (χ4v) is 15.6. The zero-order valence-electron chi connectivity index (χ0n) is 52.8. The lowest BCUT2D eigenvalue weighted by molar-refractivity contribution is 0.593. The number of hydrogen-bond acceptors (Lipinski definition) is 0. The highest BCUT2D eigenvalue weighted by Gasteiger charge is 2.33. The molecule has 0 saturated carbocycles. The van der Waals surface area contributed by atoms with Crippen molar-refractivity contribution in [1.82, 2.24) is 9.13 Å². The smallest absolute Gasteiger partial charge is 0.0619 e. The molecule has 0 N–H and O–H groups in total. The summed E-state index contributed by atoms with van der Waals surface area (Å²) in [6.45, 7) is 14.6. The maximum Gasteiger partial charge on any atom is 0.0619 e. The fraction of sp³-hybridized carbons (Fsp3) is 0.0889. The highest BCUT2D eigenvalue weighted by Crippen LogP contribution is 2.53. The summed E-state index contributed by atoms with van der Waals surface area (Å²) < 4.78 is 5.23. The molecule has 0 aliphatic rings. The molecule has 0 amide bonds. The van der Waals surface area contributed by atoms with E-state index in [0.29, 0.717) is 0 Å². The third-order valence-corrected chi connectivity index (χ3v) is 19.4. The first-order valence-corrected chi connectivity index (χ1v) is 32.4. The lowest BCUT2D eigenvalue weighted by atomic mass is 9.73. The number of rotatable bonds is 8. The maximum absolute atomic E-state index is 2.62. The lowest BCUT2D eigenvalue weighted by Crippen LogP contribution is -2.18. The number of benzene rings is 15. The number of nitrogens with zero attached hydrogens (tertiary/aromatic N) is 2. The first-order valence-electron chi connectivity index (χ1n) is 32.4. The number of hydrogen-bond donors (Lipinski definition) is 0. The van der Waals surface area contributed by atoms with E-state index in [0.717, 1.165) is 22.5 Å². The van der Waals surface area contributed by atoms with Crippen LogP contribution in [-0.4, -0.2) is 9.13 Å². The quantitative estimate of drug-likeness (QED) is 0.134. The van der Waals surface area contributed by atoms with Gasteiger partial charge in [0.1, 0.15) is 0 Å². The van der Waals surface area contributed by atoms with Crippen molar-refractivity contribution >= 4 is 86.4 Å². The van der Waals surface area contributed by atoms with Crippen LogP contribution < -0.4 is 0 Å². The molecule has 0 unspecified atom stereocenters. The Morgan fingerprint density at radius 1 is 0.217 bits per heavy atom. The van der Waals surface area contributed by atoms with Crippen molar-refractivity contribution in [3.05, 3.63) is 314 Å². The SMILES string of the molecule is CC(C)(C)c1c2cc3c(-c4ccccc4)c(-c4ccccc4)n(-c4ccc(-c5ccc6ccccc6c5)c5ccccc45)c3cc2c(C(C)(C)C)c2cc3c(-c4ccccc4)c(-c4ccccc4)n(-c4ccc(-c5ccc6ccccc6c5)c5ccccc45)c3cc12. The summed E-state index contributed by atoms with van der Waals surface area (Å²) in [7, 11) is 0. The zero-order valence-corrected chi connectivity index (χ0v) is 52.8. The van der Waals surface area contributed by atoms with Crippen LogP contribution in [0.15, 0.2) is 303 Å². The first kappa shape index (κ1) is 55.0. The molecule has 0 saturated heterocycles. The van der Waals surface area contributed by atoms with Crippen molar-refractivity contribution in [3.63, 3.8) is 0 Å². The van der Waals surface area contributed by atoms with Crippen LogP contribution in [0.4, 0.5) is 0 Å². The van der Waals surface area contributed by atoms with E-state index in [2.05, 4.69) is 354 Å². The van der Waals surface area contributed by atoms with Gasteiger partial charge in [-0.05, 0) is 169 Å². The summed E-state index contributed by atoms with van der Waals surface area (Å²) in [4.78, 5) is 0. The van der Waals surface area contributed by atoms with Gasteiger partial charge in [0.05, 0.1) is 33.8 Å². The zero-order chi connectivity index (χ0) is 62.0. The Balaban J connectivity index is 1.02. The van der Waals surface area contributed by atoms with E-state index in [1.54, 1.807) is 0 Å². The predicted molar refractivity (Wildman–Crippen MR) is 395 cm³/mol. The van der Waals surface area contributed by atoms with E-state index in [4.69, 9.17) is 0 Å². The van der Waals surface area contributed by atoms with Gasteiger partial charge in [0, 0.05) is 32.7 Å². The minimum absolute atomic E-state index is 0.309. The highest BCUT2D eigenvalue weighted by atomic mass is 15.0. The lowest BCUT2D eigenvalue weighted by Gasteiger charge is -2.31. The van der Waals surface area contributed by atoms with Crippen molar-refractivity contribution < 1.29 is 0 Å². The van der Waals surface area contributed by atoms with Gasteiger partial charge in [-0.25, -0.2) is 0 Å². The average Bonchev–Trinajstić information content (AvgIpc) is 1.50. The molecule has 438 valence electrons. The Bertz CT molecular complexity index is 5430. The molecule has 17 aromatic rings. The third kappa shape index (κ3) is 8.84. The molecule has 17 rings (SSSR count). The van der Waals surface area contributed by atoms with Crippen LogP contribution >= 0.6 is 0 Å². The number of aromatic nitrogens is 2. The van der Waals surface area contributed by atoms with Gasteiger partial charge in [0.15, 0.2) is 0 Å². The molecule has 0 spiro atoms. The van der Waals surface area contributed by atoms with E-state index in [1.807, 2.05) is 0 Å². The second-order valence-corrected chi connectivity index (χ2v) is 27.1. The molecular weight excluding hydrogens is 1110 g/mol. The topological polar surface area (TPSA) is 9.86 Å². The molecule has 2 heterocycles. The minimum atomic E-state index is -0.309. The minimum Gasteiger partial charge on any atom is -0.308 e. The third-order valence-electron chi connectivity index (χ3n) is 19.4. The monoisotopic (exact) mass is 1180 g/mol. The van der Waals surface area contributed by atoms with Crippen molar-refractivity contribution in [2.45, 2.75) is 52.4 Å². The van der Waals surface area contributed by atoms with Crippen LogP contribution in [0.2, 0.25) is 0 Å². The second-order valence-electron chi connectivity index (χ2n) is 27.1. The summed E-state index contributed by atoms with van der Waals surface area (Å²) in [5.74, 6) is 0. The van der Waals surface area contributed by atoms with Crippen molar-refractivity contribution in [1.29, 1.82) is 0 Å². The molecule has 0 bridgehead atoms. The molecule has 0 radical (unpaired) electrons. The summed E-state index contributed by atoms with van der Waals surface area (Å²) in [6, 6.07) is 114. The van der Waals surface area contributed by atoms with E-state index in [-0.39, 0.29) is 10.8 Å². The summed E-state index contributed by atoms with van der Waals surface area (Å²) in [6.07, 6.45) is 0. The molecule has 2 aromatic heterocycles. The largest absolute Gasteiger partial charge is 0.308 e. The Morgan fingerprint density at radius 2 is 0.533 bits per heavy atom. The molecule has 0 atom stereocenters. The Morgan fingerprint density at radius 3 is 0.902 bits per heavy atom. The first-order chi connectivity index (χ1) is 44.9. The van der Waals surface area contributed by atoms with Crippen LogP contribution in [0.1, 0.15) is 52.7 Å².